The lowest BCUT2D eigenvalue weighted by Gasteiger charge is -2.10. The summed E-state index contributed by atoms with van der Waals surface area (Å²) in [5.41, 5.74) is 3.38. The number of carbonyl (C=O) groups excluding carboxylic acids is 2. The van der Waals surface area contributed by atoms with Crippen LogP contribution < -0.4 is 10.6 Å². The summed E-state index contributed by atoms with van der Waals surface area (Å²) in [5, 5.41) is 5.91. The second-order valence-corrected chi connectivity index (χ2v) is 6.54. The van der Waals surface area contributed by atoms with Crippen molar-refractivity contribution in [3.8, 4) is 0 Å². The zero-order chi connectivity index (χ0) is 21.5. The molecule has 2 heterocycles. The highest BCUT2D eigenvalue weighted by Crippen LogP contribution is 2.21. The largest absolute Gasteiger partial charge is 0.469 e. The third-order valence-corrected chi connectivity index (χ3v) is 4.48. The molecule has 2 aromatic heterocycles. The highest BCUT2D eigenvalue weighted by molar-refractivity contribution is 6.06. The van der Waals surface area contributed by atoms with Crippen LogP contribution in [0, 0.1) is 5.82 Å². The molecule has 0 spiro atoms. The molecule has 0 saturated carbocycles. The van der Waals surface area contributed by atoms with E-state index >= 15 is 0 Å². The molecule has 30 heavy (non-hydrogen) atoms. The van der Waals surface area contributed by atoms with Crippen LogP contribution in [0.15, 0.2) is 43.4 Å². The van der Waals surface area contributed by atoms with Crippen molar-refractivity contribution in [2.45, 2.75) is 19.4 Å². The average Bonchev–Trinajstić information content (AvgIpc) is 3.20. The number of H-pyrrole nitrogens is 1. The molecular weight excluding hydrogens is 389 g/mol. The van der Waals surface area contributed by atoms with Crippen molar-refractivity contribution in [3.63, 3.8) is 0 Å². The Morgan fingerprint density at radius 1 is 1.20 bits per heavy atom. The van der Waals surface area contributed by atoms with Crippen molar-refractivity contribution in [2.75, 3.05) is 13.7 Å². The molecule has 0 aliphatic heterocycles. The molecule has 9 heteroatoms. The number of halogens is 1. The van der Waals surface area contributed by atoms with E-state index in [-0.39, 0.29) is 24.1 Å². The number of fused-ring (bicyclic) bond motifs is 1. The topological polar surface area (TPSA) is 109 Å². The third-order valence-electron chi connectivity index (χ3n) is 4.48. The maximum Gasteiger partial charge on any atom is 0.305 e. The summed E-state index contributed by atoms with van der Waals surface area (Å²) in [4.78, 5) is 35.1. The van der Waals surface area contributed by atoms with Crippen LogP contribution in [0.2, 0.25) is 0 Å². The normalized spacial score (nSPS) is 10.6. The zero-order valence-corrected chi connectivity index (χ0v) is 16.5. The van der Waals surface area contributed by atoms with Crippen LogP contribution >= 0.6 is 0 Å². The van der Waals surface area contributed by atoms with Crippen LogP contribution in [0.1, 0.15) is 34.5 Å². The molecule has 0 atom stereocenters. The van der Waals surface area contributed by atoms with Gasteiger partial charge in [-0.05, 0) is 24.1 Å². The Labute approximate surface area is 172 Å². The number of esters is 1. The number of rotatable bonds is 9. The van der Waals surface area contributed by atoms with Crippen LogP contribution in [0.25, 0.3) is 16.7 Å². The molecule has 0 aliphatic rings. The van der Waals surface area contributed by atoms with Gasteiger partial charge in [0.15, 0.2) is 0 Å². The molecule has 156 valence electrons. The summed E-state index contributed by atoms with van der Waals surface area (Å²) >= 11 is 0. The molecule has 8 nitrogen and oxygen atoms in total. The quantitative estimate of drug-likeness (QED) is 0.369. The van der Waals surface area contributed by atoms with Gasteiger partial charge in [0.25, 0.3) is 5.91 Å². The molecule has 3 N–H and O–H groups in total. The molecular formula is C21H22FN5O3. The van der Waals surface area contributed by atoms with Gasteiger partial charge in [0.05, 0.1) is 23.9 Å². The summed E-state index contributed by atoms with van der Waals surface area (Å²) in [6.07, 6.45) is 3.64. The van der Waals surface area contributed by atoms with Gasteiger partial charge in [-0.1, -0.05) is 18.7 Å². The number of benzene rings is 1. The monoisotopic (exact) mass is 411 g/mol. The van der Waals surface area contributed by atoms with Gasteiger partial charge in [-0.2, -0.15) is 0 Å². The van der Waals surface area contributed by atoms with Crippen molar-refractivity contribution in [3.05, 3.63) is 66.0 Å². The Hall–Kier alpha value is -3.75. The van der Waals surface area contributed by atoms with Crippen molar-refractivity contribution < 1.29 is 18.7 Å². The van der Waals surface area contributed by atoms with E-state index in [0.717, 1.165) is 5.56 Å². The van der Waals surface area contributed by atoms with E-state index in [1.807, 2.05) is 0 Å². The lowest BCUT2D eigenvalue weighted by atomic mass is 10.2. The van der Waals surface area contributed by atoms with Gasteiger partial charge in [-0.25, -0.2) is 14.4 Å². The van der Waals surface area contributed by atoms with E-state index in [9.17, 15) is 14.0 Å². The molecule has 3 aromatic rings. The average molecular weight is 411 g/mol. The number of nitrogens with one attached hydrogen (secondary N) is 3. The summed E-state index contributed by atoms with van der Waals surface area (Å²) in [6.45, 7) is 4.79. The van der Waals surface area contributed by atoms with Crippen LogP contribution in [-0.4, -0.2) is 40.5 Å². The molecule has 0 aliphatic carbocycles. The van der Waals surface area contributed by atoms with Crippen LogP contribution in [-0.2, 0) is 16.1 Å². The van der Waals surface area contributed by atoms with Gasteiger partial charge in [-0.3, -0.25) is 9.59 Å². The first-order valence-electron chi connectivity index (χ1n) is 9.34. The zero-order valence-electron chi connectivity index (χ0n) is 16.5. The predicted molar refractivity (Wildman–Crippen MR) is 110 cm³/mol. The van der Waals surface area contributed by atoms with Gasteiger partial charge in [0.2, 0.25) is 0 Å². The van der Waals surface area contributed by atoms with E-state index in [1.54, 1.807) is 18.3 Å². The van der Waals surface area contributed by atoms with Crippen LogP contribution in [0.3, 0.4) is 0 Å². The first kappa shape index (κ1) is 21.0. The Bertz CT molecular complexity index is 1060. The summed E-state index contributed by atoms with van der Waals surface area (Å²) < 4.78 is 17.6. The minimum absolute atomic E-state index is 0.233. The highest BCUT2D eigenvalue weighted by Gasteiger charge is 2.17. The van der Waals surface area contributed by atoms with Gasteiger partial charge in [-0.15, -0.1) is 0 Å². The van der Waals surface area contributed by atoms with Crippen LogP contribution in [0.5, 0.6) is 0 Å². The van der Waals surface area contributed by atoms with Crippen molar-refractivity contribution in [1.29, 1.82) is 0 Å². The Morgan fingerprint density at radius 2 is 1.97 bits per heavy atom. The summed E-state index contributed by atoms with van der Waals surface area (Å²) in [5.74, 6) is -0.918. The molecule has 0 saturated heterocycles. The maximum absolute atomic E-state index is 13.0. The Morgan fingerprint density at radius 3 is 2.70 bits per heavy atom. The Kier molecular flexibility index (Phi) is 6.74. The van der Waals surface area contributed by atoms with Gasteiger partial charge in [0, 0.05) is 25.7 Å². The number of aromatic nitrogens is 3. The first-order valence-corrected chi connectivity index (χ1v) is 9.34. The predicted octanol–water partition coefficient (Wildman–Crippen LogP) is 2.54. The van der Waals surface area contributed by atoms with Crippen LogP contribution in [0.4, 0.5) is 4.39 Å². The van der Waals surface area contributed by atoms with Crippen molar-refractivity contribution >= 4 is 28.6 Å². The van der Waals surface area contributed by atoms with Crippen molar-refractivity contribution in [2.24, 2.45) is 0 Å². The smallest absolute Gasteiger partial charge is 0.305 e. The fraction of sp³-hybridized carbons (Fsp3) is 0.238. The first-order chi connectivity index (χ1) is 14.5. The van der Waals surface area contributed by atoms with Gasteiger partial charge >= 0.3 is 5.97 Å². The van der Waals surface area contributed by atoms with Crippen molar-refractivity contribution in [1.82, 2.24) is 25.6 Å². The number of methoxy groups -OCH3 is 1. The molecule has 0 bridgehead atoms. The molecule has 3 rings (SSSR count). The van der Waals surface area contributed by atoms with E-state index in [0.29, 0.717) is 47.5 Å². The van der Waals surface area contributed by atoms with E-state index in [1.165, 1.54) is 25.6 Å². The lowest BCUT2D eigenvalue weighted by molar-refractivity contribution is -0.140. The number of amides is 1. The lowest BCUT2D eigenvalue weighted by Crippen LogP contribution is -2.25. The number of nitrogens with zero attached hydrogens (tertiary/aromatic N) is 2. The summed E-state index contributed by atoms with van der Waals surface area (Å²) in [6, 6.07) is 6.15. The fourth-order valence-electron chi connectivity index (χ4n) is 2.87. The minimum atomic E-state index is -0.319. The number of ether oxygens (including phenoxy) is 1. The molecule has 1 aromatic carbocycles. The van der Waals surface area contributed by atoms with E-state index in [2.05, 4.69) is 36.9 Å². The fourth-order valence-corrected chi connectivity index (χ4v) is 2.87. The minimum Gasteiger partial charge on any atom is -0.469 e. The second kappa shape index (κ2) is 9.64. The number of hydrogen-bond acceptors (Lipinski definition) is 6. The standard InChI is InChI=1S/C21H22FN5O3/c1-13(24-10-14-5-7-15(22)8-6-14)18-20-19(27-12-26-18)16(11-25-20)21(29)23-9-3-4-17(28)30-2/h5-8,11-12,24-25H,1,3-4,9-10H2,2H3,(H,23,29). The highest BCUT2D eigenvalue weighted by atomic mass is 19.1. The molecule has 0 fully saturated rings. The third kappa shape index (κ3) is 4.99. The van der Waals surface area contributed by atoms with E-state index < -0.39 is 0 Å². The Balaban J connectivity index is 1.66. The SMILES string of the molecule is C=C(NCc1ccc(F)cc1)c1ncnc2c(C(=O)NCCCC(=O)OC)c[nH]c12. The summed E-state index contributed by atoms with van der Waals surface area (Å²) in [7, 11) is 1.33. The number of carbonyl (C=O) groups is 2. The molecule has 0 radical (unpaired) electrons. The van der Waals surface area contributed by atoms with E-state index in [4.69, 9.17) is 0 Å². The second-order valence-electron chi connectivity index (χ2n) is 6.54. The molecule has 1 amide bonds. The molecule has 0 unspecified atom stereocenters. The number of hydrogen-bond donors (Lipinski definition) is 3. The number of aromatic amines is 1. The van der Waals surface area contributed by atoms with Gasteiger partial charge in [0.1, 0.15) is 23.4 Å². The maximum atomic E-state index is 13.0. The van der Waals surface area contributed by atoms with Gasteiger partial charge < -0.3 is 20.4 Å².